The van der Waals surface area contributed by atoms with Crippen molar-refractivity contribution in [3.63, 3.8) is 0 Å². The van der Waals surface area contributed by atoms with E-state index in [-0.39, 0.29) is 5.91 Å². The van der Waals surface area contributed by atoms with E-state index in [2.05, 4.69) is 63.5 Å². The lowest BCUT2D eigenvalue weighted by molar-refractivity contribution is -0.117. The first-order chi connectivity index (χ1) is 16.1. The maximum absolute atomic E-state index is 12.9. The number of aryl methyl sites for hydroxylation is 1. The van der Waals surface area contributed by atoms with Gasteiger partial charge in [0.15, 0.2) is 0 Å². The molecule has 1 amide bonds. The van der Waals surface area contributed by atoms with Gasteiger partial charge in [0.25, 0.3) is 0 Å². The highest BCUT2D eigenvalue weighted by Crippen LogP contribution is 2.25. The molecule has 1 N–H and O–H groups in total. The van der Waals surface area contributed by atoms with Gasteiger partial charge in [-0.2, -0.15) is 0 Å². The van der Waals surface area contributed by atoms with Crippen molar-refractivity contribution in [2.24, 2.45) is 0 Å². The van der Waals surface area contributed by atoms with Crippen molar-refractivity contribution in [1.82, 2.24) is 14.9 Å². The molecule has 0 fully saturated rings. The molecular formula is C28H26N4O. The Hall–Kier alpha value is -3.83. The molecule has 0 atom stereocenters. The van der Waals surface area contributed by atoms with Crippen molar-refractivity contribution < 1.29 is 4.79 Å². The van der Waals surface area contributed by atoms with Gasteiger partial charge in [-0.05, 0) is 30.5 Å². The van der Waals surface area contributed by atoms with E-state index in [0.717, 1.165) is 42.0 Å². The molecule has 0 saturated heterocycles. The van der Waals surface area contributed by atoms with E-state index in [4.69, 9.17) is 0 Å². The van der Waals surface area contributed by atoms with E-state index < -0.39 is 0 Å². The number of anilines is 1. The lowest BCUT2D eigenvalue weighted by atomic mass is 10.00. The summed E-state index contributed by atoms with van der Waals surface area (Å²) in [6.07, 6.45) is 0.959. The second-order valence-corrected chi connectivity index (χ2v) is 8.47. The first-order valence-electron chi connectivity index (χ1n) is 11.2. The summed E-state index contributed by atoms with van der Waals surface area (Å²) in [6, 6.07) is 28.6. The molecule has 4 aromatic rings. The van der Waals surface area contributed by atoms with Crippen LogP contribution in [0.4, 0.5) is 5.95 Å². The number of hydrogen-bond donors (Lipinski definition) is 1. The Morgan fingerprint density at radius 3 is 2.21 bits per heavy atom. The molecule has 2 heterocycles. The molecule has 1 aromatic heterocycles. The molecule has 5 rings (SSSR count). The lowest BCUT2D eigenvalue weighted by Gasteiger charge is -2.27. The summed E-state index contributed by atoms with van der Waals surface area (Å²) < 4.78 is 0. The van der Waals surface area contributed by atoms with Gasteiger partial charge in [-0.15, -0.1) is 0 Å². The van der Waals surface area contributed by atoms with Crippen molar-refractivity contribution in [1.29, 1.82) is 0 Å². The minimum absolute atomic E-state index is 0.102. The number of rotatable bonds is 5. The van der Waals surface area contributed by atoms with Crippen LogP contribution >= 0.6 is 0 Å². The Kier molecular flexibility index (Phi) is 5.96. The van der Waals surface area contributed by atoms with Gasteiger partial charge in [-0.25, -0.2) is 9.97 Å². The van der Waals surface area contributed by atoms with Gasteiger partial charge in [0.05, 0.1) is 17.9 Å². The summed E-state index contributed by atoms with van der Waals surface area (Å²) in [5, 5.41) is 2.94. The van der Waals surface area contributed by atoms with E-state index in [0.29, 0.717) is 12.5 Å². The van der Waals surface area contributed by atoms with Crippen molar-refractivity contribution in [3.8, 4) is 22.5 Å². The summed E-state index contributed by atoms with van der Waals surface area (Å²) in [5.74, 6) is 0.226. The second kappa shape index (κ2) is 9.35. The molecule has 0 bridgehead atoms. The maximum Gasteiger partial charge on any atom is 0.240 e. The SMILES string of the molecule is Cc1ccc(-c2cc(-c3ccccc3)nc(NC(=O)CN3CCc4ccccc4C3)n2)cc1. The number of nitrogens with zero attached hydrogens (tertiary/aromatic N) is 3. The third kappa shape index (κ3) is 4.99. The van der Waals surface area contributed by atoms with Gasteiger partial charge in [-0.3, -0.25) is 15.0 Å². The molecule has 0 saturated carbocycles. The van der Waals surface area contributed by atoms with Gasteiger partial charge in [-0.1, -0.05) is 84.4 Å². The first-order valence-corrected chi connectivity index (χ1v) is 11.2. The molecule has 1 aliphatic rings. The van der Waals surface area contributed by atoms with Crippen LogP contribution < -0.4 is 5.32 Å². The predicted octanol–water partition coefficient (Wildman–Crippen LogP) is 5.12. The van der Waals surface area contributed by atoms with Gasteiger partial charge in [0.1, 0.15) is 0 Å². The van der Waals surface area contributed by atoms with E-state index in [1.807, 2.05) is 48.5 Å². The van der Waals surface area contributed by atoms with Crippen molar-refractivity contribution in [2.45, 2.75) is 19.9 Å². The van der Waals surface area contributed by atoms with Crippen LogP contribution in [0.3, 0.4) is 0 Å². The predicted molar refractivity (Wildman–Crippen MR) is 132 cm³/mol. The fourth-order valence-corrected chi connectivity index (χ4v) is 4.19. The fraction of sp³-hybridized carbons (Fsp3) is 0.179. The van der Waals surface area contributed by atoms with Crippen molar-refractivity contribution in [3.05, 3.63) is 102 Å². The van der Waals surface area contributed by atoms with Crippen LogP contribution in [-0.4, -0.2) is 33.9 Å². The smallest absolute Gasteiger partial charge is 0.240 e. The highest BCUT2D eigenvalue weighted by Gasteiger charge is 2.19. The maximum atomic E-state index is 12.9. The minimum Gasteiger partial charge on any atom is -0.293 e. The van der Waals surface area contributed by atoms with Crippen LogP contribution in [0, 0.1) is 6.92 Å². The first kappa shape index (κ1) is 21.0. The van der Waals surface area contributed by atoms with Gasteiger partial charge in [0.2, 0.25) is 11.9 Å². The number of benzene rings is 3. The number of fused-ring (bicyclic) bond motifs is 1. The van der Waals surface area contributed by atoms with E-state index >= 15 is 0 Å². The quantitative estimate of drug-likeness (QED) is 0.474. The standard InChI is InChI=1S/C28H26N4O/c1-20-11-13-23(14-12-20)26-17-25(22-8-3-2-4-9-22)29-28(30-26)31-27(33)19-32-16-15-21-7-5-6-10-24(21)18-32/h2-14,17H,15-16,18-19H2,1H3,(H,29,30,31,33). The van der Waals surface area contributed by atoms with Crippen LogP contribution in [-0.2, 0) is 17.8 Å². The zero-order chi connectivity index (χ0) is 22.6. The number of hydrogen-bond acceptors (Lipinski definition) is 4. The topological polar surface area (TPSA) is 58.1 Å². The normalized spacial score (nSPS) is 13.4. The minimum atomic E-state index is -0.102. The van der Waals surface area contributed by atoms with E-state index in [1.54, 1.807) is 0 Å². The highest BCUT2D eigenvalue weighted by molar-refractivity contribution is 5.91. The zero-order valence-electron chi connectivity index (χ0n) is 18.7. The van der Waals surface area contributed by atoms with E-state index in [1.165, 1.54) is 16.7 Å². The summed E-state index contributed by atoms with van der Waals surface area (Å²) in [7, 11) is 0. The Bertz CT molecular complexity index is 1270. The zero-order valence-corrected chi connectivity index (χ0v) is 18.7. The van der Waals surface area contributed by atoms with E-state index in [9.17, 15) is 4.79 Å². The molecule has 5 nitrogen and oxygen atoms in total. The van der Waals surface area contributed by atoms with Gasteiger partial charge in [0, 0.05) is 24.2 Å². The Labute approximate surface area is 194 Å². The summed E-state index contributed by atoms with van der Waals surface area (Å²) in [4.78, 5) is 24.4. The highest BCUT2D eigenvalue weighted by atomic mass is 16.2. The summed E-state index contributed by atoms with van der Waals surface area (Å²) in [5.41, 5.74) is 7.39. The number of amides is 1. The molecule has 1 aliphatic heterocycles. The number of aromatic nitrogens is 2. The molecule has 0 spiro atoms. The lowest BCUT2D eigenvalue weighted by Crippen LogP contribution is -2.37. The molecule has 164 valence electrons. The van der Waals surface area contributed by atoms with Gasteiger partial charge >= 0.3 is 0 Å². The number of nitrogens with one attached hydrogen (secondary N) is 1. The Morgan fingerprint density at radius 2 is 1.48 bits per heavy atom. The molecule has 3 aromatic carbocycles. The fourth-order valence-electron chi connectivity index (χ4n) is 4.19. The molecular weight excluding hydrogens is 408 g/mol. The van der Waals surface area contributed by atoms with Crippen LogP contribution in [0.2, 0.25) is 0 Å². The van der Waals surface area contributed by atoms with Gasteiger partial charge < -0.3 is 0 Å². The molecule has 33 heavy (non-hydrogen) atoms. The average molecular weight is 435 g/mol. The Morgan fingerprint density at radius 1 is 0.848 bits per heavy atom. The molecule has 0 radical (unpaired) electrons. The van der Waals surface area contributed by atoms with Crippen LogP contribution in [0.25, 0.3) is 22.5 Å². The third-order valence-electron chi connectivity index (χ3n) is 5.97. The monoisotopic (exact) mass is 434 g/mol. The number of carbonyl (C=O) groups is 1. The molecule has 0 aliphatic carbocycles. The summed E-state index contributed by atoms with van der Waals surface area (Å²) in [6.45, 7) is 4.02. The second-order valence-electron chi connectivity index (χ2n) is 8.47. The Balaban J connectivity index is 1.38. The largest absolute Gasteiger partial charge is 0.293 e. The third-order valence-corrected chi connectivity index (χ3v) is 5.97. The van der Waals surface area contributed by atoms with Crippen LogP contribution in [0.15, 0.2) is 84.9 Å². The van der Waals surface area contributed by atoms with Crippen LogP contribution in [0.5, 0.6) is 0 Å². The van der Waals surface area contributed by atoms with Crippen LogP contribution in [0.1, 0.15) is 16.7 Å². The molecule has 5 heteroatoms. The van der Waals surface area contributed by atoms with Crippen molar-refractivity contribution in [2.75, 3.05) is 18.4 Å². The van der Waals surface area contributed by atoms with Crippen molar-refractivity contribution >= 4 is 11.9 Å². The number of carbonyl (C=O) groups excluding carboxylic acids is 1. The average Bonchev–Trinajstić information content (AvgIpc) is 2.84. The summed E-state index contributed by atoms with van der Waals surface area (Å²) >= 11 is 0. The molecule has 0 unspecified atom stereocenters.